The highest BCUT2D eigenvalue weighted by molar-refractivity contribution is 5.94. The molecule has 0 saturated carbocycles. The average molecular weight is 244 g/mol. The SMILES string of the molecule is CC(CN)C(=O)Nc1ccccc1-n1ccnc1. The average Bonchev–Trinajstić information content (AvgIpc) is 2.92. The van der Waals surface area contributed by atoms with Gasteiger partial charge < -0.3 is 15.6 Å². The maximum atomic E-state index is 11.8. The van der Waals surface area contributed by atoms with Crippen molar-refractivity contribution in [2.75, 3.05) is 11.9 Å². The summed E-state index contributed by atoms with van der Waals surface area (Å²) >= 11 is 0. The summed E-state index contributed by atoms with van der Waals surface area (Å²) < 4.78 is 1.85. The molecule has 0 saturated heterocycles. The van der Waals surface area contributed by atoms with Crippen molar-refractivity contribution < 1.29 is 4.79 Å². The highest BCUT2D eigenvalue weighted by Gasteiger charge is 2.13. The number of benzene rings is 1. The van der Waals surface area contributed by atoms with Gasteiger partial charge >= 0.3 is 0 Å². The first-order chi connectivity index (χ1) is 8.72. The van der Waals surface area contributed by atoms with E-state index in [4.69, 9.17) is 5.73 Å². The van der Waals surface area contributed by atoms with Crippen LogP contribution >= 0.6 is 0 Å². The Balaban J connectivity index is 2.26. The number of hydrogen-bond donors (Lipinski definition) is 2. The van der Waals surface area contributed by atoms with Crippen molar-refractivity contribution in [3.05, 3.63) is 43.0 Å². The molecule has 5 heteroatoms. The van der Waals surface area contributed by atoms with Gasteiger partial charge in [-0.3, -0.25) is 4.79 Å². The molecule has 0 radical (unpaired) electrons. The van der Waals surface area contributed by atoms with Crippen molar-refractivity contribution in [1.29, 1.82) is 0 Å². The molecule has 5 nitrogen and oxygen atoms in total. The Bertz CT molecular complexity index is 522. The largest absolute Gasteiger partial charge is 0.330 e. The van der Waals surface area contributed by atoms with E-state index in [0.717, 1.165) is 11.4 Å². The standard InChI is InChI=1S/C13H16N4O/c1-10(8-14)13(18)16-11-4-2-3-5-12(11)17-7-6-15-9-17/h2-7,9-10H,8,14H2,1H3,(H,16,18). The third-order valence-electron chi connectivity index (χ3n) is 2.75. The number of nitrogens with one attached hydrogen (secondary N) is 1. The van der Waals surface area contributed by atoms with E-state index in [1.807, 2.05) is 35.0 Å². The van der Waals surface area contributed by atoms with E-state index in [-0.39, 0.29) is 11.8 Å². The van der Waals surface area contributed by atoms with Crippen LogP contribution in [-0.4, -0.2) is 22.0 Å². The topological polar surface area (TPSA) is 72.9 Å². The highest BCUT2D eigenvalue weighted by Crippen LogP contribution is 2.20. The molecule has 0 aliphatic heterocycles. The number of para-hydroxylation sites is 2. The van der Waals surface area contributed by atoms with Gasteiger partial charge in [0.15, 0.2) is 0 Å². The smallest absolute Gasteiger partial charge is 0.228 e. The van der Waals surface area contributed by atoms with Crippen molar-refractivity contribution in [3.8, 4) is 5.69 Å². The normalized spacial score (nSPS) is 12.1. The maximum absolute atomic E-state index is 11.8. The van der Waals surface area contributed by atoms with E-state index in [1.54, 1.807) is 19.4 Å². The second-order valence-corrected chi connectivity index (χ2v) is 4.11. The third-order valence-corrected chi connectivity index (χ3v) is 2.75. The Morgan fingerprint density at radius 3 is 2.94 bits per heavy atom. The minimum atomic E-state index is -0.208. The molecule has 2 aromatic rings. The molecule has 1 heterocycles. The minimum Gasteiger partial charge on any atom is -0.330 e. The molecule has 1 aromatic heterocycles. The van der Waals surface area contributed by atoms with Gasteiger partial charge in [0.25, 0.3) is 0 Å². The van der Waals surface area contributed by atoms with Crippen LogP contribution in [-0.2, 0) is 4.79 Å². The summed E-state index contributed by atoms with van der Waals surface area (Å²) in [5, 5.41) is 2.88. The van der Waals surface area contributed by atoms with Gasteiger partial charge in [0.2, 0.25) is 5.91 Å². The van der Waals surface area contributed by atoms with Gasteiger partial charge in [0.1, 0.15) is 0 Å². The summed E-state index contributed by atoms with van der Waals surface area (Å²) in [5.74, 6) is -0.286. The molecular weight excluding hydrogens is 228 g/mol. The van der Waals surface area contributed by atoms with Crippen molar-refractivity contribution in [2.24, 2.45) is 11.7 Å². The van der Waals surface area contributed by atoms with Gasteiger partial charge in [-0.25, -0.2) is 4.98 Å². The van der Waals surface area contributed by atoms with E-state index in [9.17, 15) is 4.79 Å². The summed E-state index contributed by atoms with van der Waals surface area (Å²) in [5.41, 5.74) is 7.12. The van der Waals surface area contributed by atoms with E-state index in [1.165, 1.54) is 0 Å². The molecule has 1 atom stereocenters. The van der Waals surface area contributed by atoms with Crippen LogP contribution in [0.2, 0.25) is 0 Å². The number of anilines is 1. The highest BCUT2D eigenvalue weighted by atomic mass is 16.1. The van der Waals surface area contributed by atoms with Gasteiger partial charge in [-0.1, -0.05) is 19.1 Å². The predicted octanol–water partition coefficient (Wildman–Crippen LogP) is 1.41. The molecule has 0 bridgehead atoms. The van der Waals surface area contributed by atoms with Gasteiger partial charge in [-0.05, 0) is 12.1 Å². The Labute approximate surface area is 106 Å². The molecule has 18 heavy (non-hydrogen) atoms. The fraction of sp³-hybridized carbons (Fsp3) is 0.231. The molecule has 0 fully saturated rings. The lowest BCUT2D eigenvalue weighted by Crippen LogP contribution is -2.27. The molecule has 1 aromatic carbocycles. The van der Waals surface area contributed by atoms with Crippen LogP contribution in [0, 0.1) is 5.92 Å². The maximum Gasteiger partial charge on any atom is 0.228 e. The summed E-state index contributed by atoms with van der Waals surface area (Å²) in [7, 11) is 0. The van der Waals surface area contributed by atoms with Gasteiger partial charge in [-0.2, -0.15) is 0 Å². The van der Waals surface area contributed by atoms with Crippen LogP contribution < -0.4 is 11.1 Å². The molecule has 0 aliphatic carbocycles. The summed E-state index contributed by atoms with van der Waals surface area (Å²) in [6.07, 6.45) is 5.22. The molecule has 3 N–H and O–H groups in total. The Hall–Kier alpha value is -2.14. The van der Waals surface area contributed by atoms with Crippen molar-refractivity contribution >= 4 is 11.6 Å². The molecular formula is C13H16N4O. The fourth-order valence-electron chi connectivity index (χ4n) is 1.57. The Morgan fingerprint density at radius 2 is 2.28 bits per heavy atom. The first-order valence-corrected chi connectivity index (χ1v) is 5.80. The number of aromatic nitrogens is 2. The third kappa shape index (κ3) is 2.57. The zero-order valence-corrected chi connectivity index (χ0v) is 10.2. The quantitative estimate of drug-likeness (QED) is 0.854. The fourth-order valence-corrected chi connectivity index (χ4v) is 1.57. The monoisotopic (exact) mass is 244 g/mol. The van der Waals surface area contributed by atoms with Crippen molar-refractivity contribution in [2.45, 2.75) is 6.92 Å². The first kappa shape index (κ1) is 12.3. The number of carbonyl (C=O) groups is 1. The van der Waals surface area contributed by atoms with Gasteiger partial charge in [0.05, 0.1) is 17.7 Å². The Kier molecular flexibility index (Phi) is 3.74. The minimum absolute atomic E-state index is 0.0786. The van der Waals surface area contributed by atoms with E-state index < -0.39 is 0 Å². The second kappa shape index (κ2) is 5.46. The lowest BCUT2D eigenvalue weighted by Gasteiger charge is -2.13. The zero-order chi connectivity index (χ0) is 13.0. The molecule has 94 valence electrons. The van der Waals surface area contributed by atoms with Gasteiger partial charge in [0, 0.05) is 24.9 Å². The van der Waals surface area contributed by atoms with Crippen LogP contribution in [0.25, 0.3) is 5.69 Å². The van der Waals surface area contributed by atoms with Crippen LogP contribution in [0.5, 0.6) is 0 Å². The van der Waals surface area contributed by atoms with Crippen molar-refractivity contribution in [3.63, 3.8) is 0 Å². The molecule has 2 rings (SSSR count). The van der Waals surface area contributed by atoms with E-state index in [0.29, 0.717) is 6.54 Å². The van der Waals surface area contributed by atoms with Crippen molar-refractivity contribution in [1.82, 2.24) is 9.55 Å². The summed E-state index contributed by atoms with van der Waals surface area (Å²) in [6.45, 7) is 2.13. The molecule has 0 spiro atoms. The summed E-state index contributed by atoms with van der Waals surface area (Å²) in [4.78, 5) is 15.8. The van der Waals surface area contributed by atoms with Crippen LogP contribution in [0.15, 0.2) is 43.0 Å². The van der Waals surface area contributed by atoms with Crippen LogP contribution in [0.1, 0.15) is 6.92 Å². The zero-order valence-electron chi connectivity index (χ0n) is 10.2. The van der Waals surface area contributed by atoms with Crippen LogP contribution in [0.3, 0.4) is 0 Å². The Morgan fingerprint density at radius 1 is 1.50 bits per heavy atom. The summed E-state index contributed by atoms with van der Waals surface area (Å²) in [6, 6.07) is 7.57. The molecule has 0 aliphatic rings. The predicted molar refractivity (Wildman–Crippen MR) is 70.4 cm³/mol. The number of nitrogens with zero attached hydrogens (tertiary/aromatic N) is 2. The number of amides is 1. The molecule has 1 unspecified atom stereocenters. The number of nitrogens with two attached hydrogens (primary N) is 1. The lowest BCUT2D eigenvalue weighted by atomic mass is 10.1. The molecule has 1 amide bonds. The number of carbonyl (C=O) groups excluding carboxylic acids is 1. The van der Waals surface area contributed by atoms with Crippen LogP contribution in [0.4, 0.5) is 5.69 Å². The van der Waals surface area contributed by atoms with E-state index in [2.05, 4.69) is 10.3 Å². The second-order valence-electron chi connectivity index (χ2n) is 4.11. The number of hydrogen-bond acceptors (Lipinski definition) is 3. The van der Waals surface area contributed by atoms with E-state index >= 15 is 0 Å². The first-order valence-electron chi connectivity index (χ1n) is 5.80. The number of rotatable bonds is 4. The lowest BCUT2D eigenvalue weighted by molar-refractivity contribution is -0.119. The number of imidazole rings is 1. The van der Waals surface area contributed by atoms with Gasteiger partial charge in [-0.15, -0.1) is 0 Å².